The lowest BCUT2D eigenvalue weighted by atomic mass is 9.86. The van der Waals surface area contributed by atoms with E-state index in [2.05, 4.69) is 275 Å². The van der Waals surface area contributed by atoms with Crippen molar-refractivity contribution in [1.29, 1.82) is 0 Å². The van der Waals surface area contributed by atoms with Crippen LogP contribution in [0.4, 0.5) is 34.1 Å². The van der Waals surface area contributed by atoms with E-state index in [4.69, 9.17) is 8.75 Å². The molecule has 3 heterocycles. The van der Waals surface area contributed by atoms with Gasteiger partial charge in [-0.15, -0.1) is 22.7 Å². The summed E-state index contributed by atoms with van der Waals surface area (Å²) < 4.78 is 9.79. The van der Waals surface area contributed by atoms with Crippen molar-refractivity contribution >= 4 is 79.6 Å². The molecule has 73 heavy (non-hydrogen) atoms. The van der Waals surface area contributed by atoms with Gasteiger partial charge in [-0.25, -0.2) is 0 Å². The van der Waals surface area contributed by atoms with E-state index >= 15 is 0 Å². The Hall–Kier alpha value is -6.64. The van der Waals surface area contributed by atoms with Crippen molar-refractivity contribution in [1.82, 2.24) is 8.75 Å². The van der Waals surface area contributed by atoms with Crippen LogP contribution in [0, 0.1) is 0 Å². The van der Waals surface area contributed by atoms with Crippen LogP contribution in [-0.2, 0) is 21.7 Å². The van der Waals surface area contributed by atoms with Crippen LogP contribution in [0.3, 0.4) is 0 Å². The van der Waals surface area contributed by atoms with Gasteiger partial charge in [-0.1, -0.05) is 168 Å². The molecule has 0 spiro atoms. The van der Waals surface area contributed by atoms with E-state index in [-0.39, 0.29) is 21.7 Å². The minimum atomic E-state index is 0.0812. The first kappa shape index (κ1) is 49.9. The van der Waals surface area contributed by atoms with Crippen LogP contribution < -0.4 is 9.80 Å². The Morgan fingerprint density at radius 2 is 0.507 bits per heavy atom. The number of rotatable bonds is 10. The van der Waals surface area contributed by atoms with Crippen LogP contribution in [-0.4, -0.2) is 8.75 Å². The second-order valence-corrected chi connectivity index (χ2v) is 26.1. The first-order valence-electron chi connectivity index (χ1n) is 25.4. The predicted molar refractivity (Wildman–Crippen MR) is 319 cm³/mol. The van der Waals surface area contributed by atoms with Crippen molar-refractivity contribution in [2.75, 3.05) is 9.80 Å². The van der Waals surface area contributed by atoms with Crippen LogP contribution >= 0.6 is 34.4 Å². The summed E-state index contributed by atoms with van der Waals surface area (Å²) in [4.78, 5) is 9.51. The molecule has 7 heteroatoms. The fourth-order valence-electron chi connectivity index (χ4n) is 9.43. The van der Waals surface area contributed by atoms with Gasteiger partial charge in [0.15, 0.2) is 0 Å². The molecule has 0 atom stereocenters. The number of fused-ring (bicyclic) bond motifs is 1. The lowest BCUT2D eigenvalue weighted by Gasteiger charge is -2.28. The zero-order chi connectivity index (χ0) is 51.5. The van der Waals surface area contributed by atoms with Gasteiger partial charge in [-0.2, -0.15) is 8.75 Å². The maximum Gasteiger partial charge on any atom is 0.114 e. The molecular formula is C66H66N4S3. The fourth-order valence-corrected chi connectivity index (χ4v) is 12.1. The van der Waals surface area contributed by atoms with Gasteiger partial charge in [0.1, 0.15) is 11.0 Å². The van der Waals surface area contributed by atoms with E-state index < -0.39 is 0 Å². The molecule has 10 aromatic rings. The van der Waals surface area contributed by atoms with E-state index in [1.54, 1.807) is 22.7 Å². The lowest BCUT2D eigenvalue weighted by Crippen LogP contribution is -2.14. The number of hydrogen-bond donors (Lipinski definition) is 0. The molecule has 0 aliphatic rings. The second-order valence-electron chi connectivity index (χ2n) is 23.4. The third-order valence-electron chi connectivity index (χ3n) is 13.9. The van der Waals surface area contributed by atoms with E-state index in [0.29, 0.717) is 0 Å². The smallest absolute Gasteiger partial charge is 0.114 e. The zero-order valence-corrected chi connectivity index (χ0v) is 46.8. The maximum absolute atomic E-state index is 4.90. The van der Waals surface area contributed by atoms with Gasteiger partial charge >= 0.3 is 0 Å². The molecule has 0 amide bonds. The highest BCUT2D eigenvalue weighted by atomic mass is 32.1. The molecule has 368 valence electrons. The largest absolute Gasteiger partial charge is 0.311 e. The molecule has 10 rings (SSSR count). The third-order valence-corrected chi connectivity index (χ3v) is 16.8. The first-order chi connectivity index (χ1) is 34.7. The third kappa shape index (κ3) is 10.5. The minimum absolute atomic E-state index is 0.0812. The van der Waals surface area contributed by atoms with E-state index in [9.17, 15) is 0 Å². The van der Waals surface area contributed by atoms with Crippen LogP contribution in [0.2, 0.25) is 0 Å². The molecule has 0 aliphatic carbocycles. The molecule has 0 fully saturated rings. The van der Waals surface area contributed by atoms with Crippen molar-refractivity contribution < 1.29 is 0 Å². The second kappa shape index (κ2) is 19.3. The Morgan fingerprint density at radius 3 is 0.753 bits per heavy atom. The van der Waals surface area contributed by atoms with Gasteiger partial charge < -0.3 is 9.80 Å². The molecule has 0 unspecified atom stereocenters. The van der Waals surface area contributed by atoms with Crippen LogP contribution in [0.15, 0.2) is 182 Å². The van der Waals surface area contributed by atoms with Gasteiger partial charge in [0.2, 0.25) is 0 Å². The summed E-state index contributed by atoms with van der Waals surface area (Å²) in [5.74, 6) is 0. The van der Waals surface area contributed by atoms with Crippen molar-refractivity contribution in [2.45, 2.75) is 105 Å². The maximum atomic E-state index is 4.90. The quantitative estimate of drug-likeness (QED) is 0.137. The average molecular weight is 1010 g/mol. The molecule has 7 aromatic carbocycles. The molecule has 4 nitrogen and oxygen atoms in total. The van der Waals surface area contributed by atoms with Crippen molar-refractivity contribution in [3.63, 3.8) is 0 Å². The summed E-state index contributed by atoms with van der Waals surface area (Å²) in [7, 11) is 0. The summed E-state index contributed by atoms with van der Waals surface area (Å²) >= 11 is 4.89. The van der Waals surface area contributed by atoms with Crippen molar-refractivity contribution in [3.8, 4) is 41.8 Å². The van der Waals surface area contributed by atoms with Gasteiger partial charge in [0, 0.05) is 64.8 Å². The summed E-state index contributed by atoms with van der Waals surface area (Å²) in [6, 6.07) is 67.6. The molecule has 0 saturated heterocycles. The number of nitrogens with zero attached hydrogens (tertiary/aromatic N) is 4. The molecular weight excluding hydrogens is 945 g/mol. The topological polar surface area (TPSA) is 32.3 Å². The van der Waals surface area contributed by atoms with Crippen LogP contribution in [0.5, 0.6) is 0 Å². The average Bonchev–Trinajstić information content (AvgIpc) is 4.17. The first-order valence-corrected chi connectivity index (χ1v) is 27.7. The molecule has 0 bridgehead atoms. The van der Waals surface area contributed by atoms with Gasteiger partial charge in [-0.3, -0.25) is 0 Å². The number of aromatic nitrogens is 2. The Bertz CT molecular complexity index is 3140. The SMILES string of the molecule is CC(C)(C)c1ccc(N(c2ccc(-c3ccc(-c4ccc(-c5ccc(-c6ccc(N(c7ccc(C(C)(C)C)cc7)c7ccc(C(C)(C)C)cc7)cc6)s5)c5nsnc45)s3)cc2)c2ccc(C(C)(C)C)cc2)cc1. The summed E-state index contributed by atoms with van der Waals surface area (Å²) in [6.07, 6.45) is 0. The monoisotopic (exact) mass is 1010 g/mol. The predicted octanol–water partition coefficient (Wildman–Crippen LogP) is 20.6. The molecule has 0 N–H and O–H groups in total. The highest BCUT2D eigenvalue weighted by Gasteiger charge is 2.22. The van der Waals surface area contributed by atoms with Crippen LogP contribution in [0.1, 0.15) is 105 Å². The minimum Gasteiger partial charge on any atom is -0.311 e. The highest BCUT2D eigenvalue weighted by Crippen LogP contribution is 2.45. The van der Waals surface area contributed by atoms with Crippen molar-refractivity contribution in [2.24, 2.45) is 0 Å². The zero-order valence-electron chi connectivity index (χ0n) is 44.3. The van der Waals surface area contributed by atoms with Crippen LogP contribution in [0.25, 0.3) is 52.8 Å². The Morgan fingerprint density at radius 1 is 0.274 bits per heavy atom. The summed E-state index contributed by atoms with van der Waals surface area (Å²) in [5, 5.41) is 0. The van der Waals surface area contributed by atoms with E-state index in [1.165, 1.54) is 64.6 Å². The highest BCUT2D eigenvalue weighted by molar-refractivity contribution is 7.19. The standard InChI is InChI=1S/C66H66N4S3/c1-63(2,3)45-17-29-51(30-18-45)69(52-31-19-46(20-32-52)64(4,5)6)49-25-13-43(14-26-49)57-39-41-59(71-57)55-37-38-56(62-61(55)67-73-68-62)60-42-40-58(72-60)44-15-27-50(28-16-44)70(53-33-21-47(22-34-53)65(7,8)9)54-35-23-48(24-36-54)66(10,11)12/h13-42H,1-12H3. The lowest BCUT2D eigenvalue weighted by molar-refractivity contribution is 0.590. The van der Waals surface area contributed by atoms with Crippen molar-refractivity contribution in [3.05, 3.63) is 204 Å². The number of anilines is 6. The number of benzene rings is 7. The summed E-state index contributed by atoms with van der Waals surface area (Å²) in [6.45, 7) is 27.2. The van der Waals surface area contributed by atoms with Gasteiger partial charge in [-0.05, 0) is 152 Å². The van der Waals surface area contributed by atoms with E-state index in [0.717, 1.165) is 56.3 Å². The number of thiophene rings is 2. The van der Waals surface area contributed by atoms with Gasteiger partial charge in [0.25, 0.3) is 0 Å². The molecule has 0 radical (unpaired) electrons. The van der Waals surface area contributed by atoms with Gasteiger partial charge in [0.05, 0.1) is 11.7 Å². The Labute approximate surface area is 446 Å². The Balaban J connectivity index is 0.897. The number of hydrogen-bond acceptors (Lipinski definition) is 7. The van der Waals surface area contributed by atoms with E-state index in [1.807, 2.05) is 0 Å². The molecule has 3 aromatic heterocycles. The fraction of sp³-hybridized carbons (Fsp3) is 0.242. The normalized spacial score (nSPS) is 12.4. The summed E-state index contributed by atoms with van der Waals surface area (Å²) in [5.41, 5.74) is 18.9. The molecule has 0 saturated carbocycles. The Kier molecular flexibility index (Phi) is 13.2. The molecule has 0 aliphatic heterocycles.